The smallest absolute Gasteiger partial charge is 0.205 e. The van der Waals surface area contributed by atoms with E-state index < -0.39 is 0 Å². The van der Waals surface area contributed by atoms with Crippen LogP contribution in [-0.2, 0) is 26.6 Å². The van der Waals surface area contributed by atoms with Gasteiger partial charge in [-0.3, -0.25) is 0 Å². The summed E-state index contributed by atoms with van der Waals surface area (Å²) in [6.45, 7) is 8.81. The van der Waals surface area contributed by atoms with Crippen LogP contribution in [0.15, 0.2) is 35.3 Å². The minimum atomic E-state index is 0.585. The van der Waals surface area contributed by atoms with Crippen molar-refractivity contribution in [2.75, 3.05) is 31.1 Å². The number of nitrogens with zero attached hydrogens (tertiary/aromatic N) is 8. The van der Waals surface area contributed by atoms with Gasteiger partial charge in [-0.15, -0.1) is 10.2 Å². The fourth-order valence-electron chi connectivity index (χ4n) is 3.41. The van der Waals surface area contributed by atoms with E-state index in [9.17, 15) is 0 Å². The highest BCUT2D eigenvalue weighted by Gasteiger charge is 2.22. The van der Waals surface area contributed by atoms with Crippen LogP contribution in [0.1, 0.15) is 30.0 Å². The first-order chi connectivity index (χ1) is 15.1. The molecular weight excluding hydrogens is 410 g/mol. The molecule has 9 nitrogen and oxygen atoms in total. The lowest BCUT2D eigenvalue weighted by Crippen LogP contribution is -2.52. The molecule has 4 rings (SSSR count). The van der Waals surface area contributed by atoms with Gasteiger partial charge in [0.1, 0.15) is 11.6 Å². The van der Waals surface area contributed by atoms with Crippen molar-refractivity contribution < 1.29 is 0 Å². The van der Waals surface area contributed by atoms with Crippen molar-refractivity contribution in [2.45, 2.75) is 33.4 Å². The van der Waals surface area contributed by atoms with Crippen molar-refractivity contribution >= 4 is 22.6 Å². The zero-order valence-electron chi connectivity index (χ0n) is 18.3. The van der Waals surface area contributed by atoms with Gasteiger partial charge in [-0.1, -0.05) is 37.3 Å². The van der Waals surface area contributed by atoms with Gasteiger partial charge in [0, 0.05) is 51.2 Å². The van der Waals surface area contributed by atoms with Crippen LogP contribution in [0.3, 0.4) is 0 Å². The maximum absolute atomic E-state index is 4.91. The van der Waals surface area contributed by atoms with Gasteiger partial charge in [0.05, 0.1) is 13.1 Å². The number of piperazine rings is 1. The molecule has 0 saturated carbocycles. The average molecular weight is 440 g/mol. The highest BCUT2D eigenvalue weighted by molar-refractivity contribution is 7.09. The average Bonchev–Trinajstić information content (AvgIpc) is 3.42. The Morgan fingerprint density at radius 2 is 1.90 bits per heavy atom. The molecule has 3 aromatic rings. The molecule has 0 spiro atoms. The predicted molar refractivity (Wildman–Crippen MR) is 123 cm³/mol. The Bertz CT molecular complexity index is 1000. The van der Waals surface area contributed by atoms with Crippen molar-refractivity contribution in [3.8, 4) is 0 Å². The third-order valence-electron chi connectivity index (χ3n) is 5.46. The second-order valence-electron chi connectivity index (χ2n) is 7.52. The molecule has 0 radical (unpaired) electrons. The zero-order chi connectivity index (χ0) is 21.6. The number of guanidine groups is 1. The number of aryl methyl sites for hydroxylation is 2. The van der Waals surface area contributed by atoms with Gasteiger partial charge in [0.15, 0.2) is 11.8 Å². The fourth-order valence-corrected chi connectivity index (χ4v) is 4.21. The monoisotopic (exact) mass is 439 g/mol. The summed E-state index contributed by atoms with van der Waals surface area (Å²) in [4.78, 5) is 14.2. The third-order valence-corrected chi connectivity index (χ3v) is 6.28. The van der Waals surface area contributed by atoms with E-state index >= 15 is 0 Å². The second-order valence-corrected chi connectivity index (χ2v) is 8.25. The van der Waals surface area contributed by atoms with Gasteiger partial charge in [-0.05, 0) is 12.5 Å². The molecule has 2 aromatic heterocycles. The summed E-state index contributed by atoms with van der Waals surface area (Å²) >= 11 is 1.49. The van der Waals surface area contributed by atoms with E-state index in [-0.39, 0.29) is 0 Å². The molecule has 10 heteroatoms. The van der Waals surface area contributed by atoms with Crippen molar-refractivity contribution in [1.29, 1.82) is 0 Å². The quantitative estimate of drug-likeness (QED) is 0.464. The first-order valence-electron chi connectivity index (χ1n) is 10.6. The number of nitrogens with one attached hydrogen (secondary N) is 1. The van der Waals surface area contributed by atoms with E-state index in [1.165, 1.54) is 17.1 Å². The lowest BCUT2D eigenvalue weighted by atomic mass is 10.2. The van der Waals surface area contributed by atoms with E-state index in [1.54, 1.807) is 0 Å². The highest BCUT2D eigenvalue weighted by Crippen LogP contribution is 2.19. The summed E-state index contributed by atoms with van der Waals surface area (Å²) < 4.78 is 6.42. The molecule has 0 unspecified atom stereocenters. The maximum Gasteiger partial charge on any atom is 0.205 e. The number of rotatable bonds is 6. The lowest BCUT2D eigenvalue weighted by Gasteiger charge is -2.36. The van der Waals surface area contributed by atoms with E-state index in [1.807, 2.05) is 36.7 Å². The van der Waals surface area contributed by atoms with Gasteiger partial charge in [-0.2, -0.15) is 4.37 Å². The summed E-state index contributed by atoms with van der Waals surface area (Å²) in [5.41, 5.74) is 1.19. The zero-order valence-corrected chi connectivity index (χ0v) is 19.1. The minimum Gasteiger partial charge on any atom is -0.349 e. The molecule has 0 aliphatic carbocycles. The minimum absolute atomic E-state index is 0.585. The fraction of sp³-hybridized carbons (Fsp3) is 0.476. The number of anilines is 1. The molecule has 1 aliphatic heterocycles. The van der Waals surface area contributed by atoms with Crippen LogP contribution < -0.4 is 10.2 Å². The van der Waals surface area contributed by atoms with E-state index in [0.29, 0.717) is 13.1 Å². The molecule has 31 heavy (non-hydrogen) atoms. The first kappa shape index (κ1) is 21.2. The summed E-state index contributed by atoms with van der Waals surface area (Å²) in [5.74, 6) is 3.62. The Morgan fingerprint density at radius 1 is 1.13 bits per heavy atom. The Hall–Kier alpha value is -3.01. The van der Waals surface area contributed by atoms with Crippen molar-refractivity contribution in [3.05, 3.63) is 53.4 Å². The van der Waals surface area contributed by atoms with Crippen LogP contribution in [0, 0.1) is 6.92 Å². The van der Waals surface area contributed by atoms with Gasteiger partial charge < -0.3 is 19.7 Å². The lowest BCUT2D eigenvalue weighted by molar-refractivity contribution is 0.370. The van der Waals surface area contributed by atoms with Crippen molar-refractivity contribution in [3.63, 3.8) is 0 Å². The normalized spacial score (nSPS) is 14.9. The number of aliphatic imine (C=N–C) groups is 1. The largest absolute Gasteiger partial charge is 0.349 e. The molecule has 3 heterocycles. The SMILES string of the molecule is CCc1nsc(N2CCN(C(=NCc3ccccc3)NCc3nnc(C)n3C)CC2)n1. The van der Waals surface area contributed by atoms with Gasteiger partial charge in [0.25, 0.3) is 0 Å². The molecule has 1 saturated heterocycles. The molecule has 164 valence electrons. The Labute approximate surface area is 187 Å². The van der Waals surface area contributed by atoms with Crippen LogP contribution in [-0.4, -0.2) is 61.2 Å². The topological polar surface area (TPSA) is 87.4 Å². The van der Waals surface area contributed by atoms with Crippen molar-refractivity contribution in [2.24, 2.45) is 12.0 Å². The number of aromatic nitrogens is 5. The van der Waals surface area contributed by atoms with Crippen LogP contribution in [0.4, 0.5) is 5.13 Å². The van der Waals surface area contributed by atoms with Crippen LogP contribution >= 0.6 is 11.5 Å². The summed E-state index contributed by atoms with van der Waals surface area (Å²) in [6, 6.07) is 10.3. The Balaban J connectivity index is 1.44. The van der Waals surface area contributed by atoms with Crippen molar-refractivity contribution in [1.82, 2.24) is 34.3 Å². The molecule has 1 aliphatic rings. The Morgan fingerprint density at radius 3 is 2.55 bits per heavy atom. The first-order valence-corrected chi connectivity index (χ1v) is 11.4. The van der Waals surface area contributed by atoms with E-state index in [0.717, 1.165) is 61.2 Å². The number of benzene rings is 1. The number of hydrogen-bond donors (Lipinski definition) is 1. The van der Waals surface area contributed by atoms with E-state index in [4.69, 9.17) is 4.99 Å². The van der Waals surface area contributed by atoms with Gasteiger partial charge in [0.2, 0.25) is 5.13 Å². The molecule has 1 fully saturated rings. The molecule has 1 N–H and O–H groups in total. The maximum atomic E-state index is 4.91. The highest BCUT2D eigenvalue weighted by atomic mass is 32.1. The van der Waals surface area contributed by atoms with Gasteiger partial charge in [-0.25, -0.2) is 9.98 Å². The molecule has 0 bridgehead atoms. The van der Waals surface area contributed by atoms with Crippen LogP contribution in [0.2, 0.25) is 0 Å². The summed E-state index contributed by atoms with van der Waals surface area (Å²) in [7, 11) is 1.98. The van der Waals surface area contributed by atoms with Crippen LogP contribution in [0.5, 0.6) is 0 Å². The van der Waals surface area contributed by atoms with E-state index in [2.05, 4.69) is 53.7 Å². The standard InChI is InChI=1S/C21H29N9S/c1-4-18-24-21(31-27-18)30-12-10-29(11-13-30)20(22-14-17-8-6-5-7-9-17)23-15-19-26-25-16(2)28(19)3/h5-9H,4,10-15H2,1-3H3,(H,22,23). The molecule has 1 aromatic carbocycles. The summed E-state index contributed by atoms with van der Waals surface area (Å²) in [6.07, 6.45) is 0.873. The molecule has 0 atom stereocenters. The third kappa shape index (κ3) is 5.19. The number of hydrogen-bond acceptors (Lipinski definition) is 7. The van der Waals surface area contributed by atoms with Gasteiger partial charge >= 0.3 is 0 Å². The second kappa shape index (κ2) is 9.86. The molecular formula is C21H29N9S. The Kier molecular flexibility index (Phi) is 6.76. The van der Waals surface area contributed by atoms with Crippen LogP contribution in [0.25, 0.3) is 0 Å². The summed E-state index contributed by atoms with van der Waals surface area (Å²) in [5, 5.41) is 12.9. The molecule has 0 amide bonds. The predicted octanol–water partition coefficient (Wildman–Crippen LogP) is 2.01.